The van der Waals surface area contributed by atoms with Gasteiger partial charge >= 0.3 is 0 Å². The van der Waals surface area contributed by atoms with E-state index in [1.807, 2.05) is 69.5 Å². The summed E-state index contributed by atoms with van der Waals surface area (Å²) in [7, 11) is 0. The lowest BCUT2D eigenvalue weighted by Gasteiger charge is -2.34. The monoisotopic (exact) mass is 428 g/mol. The maximum absolute atomic E-state index is 13.5. The van der Waals surface area contributed by atoms with Gasteiger partial charge in [-0.25, -0.2) is 0 Å². The Labute approximate surface area is 178 Å². The number of benzene rings is 1. The molecule has 3 rings (SSSR count). The normalized spacial score (nSPS) is 12.4. The molecule has 6 nitrogen and oxygen atoms in total. The van der Waals surface area contributed by atoms with Gasteiger partial charge in [-0.2, -0.15) is 0 Å². The molecule has 8 heteroatoms. The van der Waals surface area contributed by atoms with E-state index < -0.39 is 11.6 Å². The van der Waals surface area contributed by atoms with Gasteiger partial charge in [0.1, 0.15) is 0 Å². The van der Waals surface area contributed by atoms with Gasteiger partial charge in [-0.1, -0.05) is 29.6 Å². The van der Waals surface area contributed by atoms with Crippen molar-refractivity contribution in [1.29, 1.82) is 0 Å². The molecule has 0 spiro atoms. The van der Waals surface area contributed by atoms with Crippen LogP contribution >= 0.6 is 22.9 Å². The molecule has 29 heavy (non-hydrogen) atoms. The lowest BCUT2D eigenvalue weighted by atomic mass is 10.00. The Hall–Kier alpha value is -2.58. The topological polar surface area (TPSA) is 75.2 Å². The molecule has 2 heterocycles. The number of carbonyl (C=O) groups is 2. The van der Waals surface area contributed by atoms with Crippen molar-refractivity contribution < 1.29 is 9.59 Å². The fourth-order valence-corrected chi connectivity index (χ4v) is 4.31. The number of hydrogen-bond acceptors (Lipinski definition) is 6. The molecule has 0 unspecified atom stereocenters. The molecule has 1 atom stereocenters. The maximum atomic E-state index is 13.5. The van der Waals surface area contributed by atoms with Crippen molar-refractivity contribution in [2.45, 2.75) is 45.7 Å². The van der Waals surface area contributed by atoms with Crippen molar-refractivity contribution in [3.05, 3.63) is 63.3 Å². The first kappa shape index (κ1) is 21.1. The number of para-hydroxylation sites is 1. The van der Waals surface area contributed by atoms with Crippen LogP contribution in [0.5, 0.6) is 0 Å². The molecule has 0 aliphatic carbocycles. The molecule has 2 amide bonds. The number of aryl methyl sites for hydroxylation is 1. The van der Waals surface area contributed by atoms with Gasteiger partial charge in [0.05, 0.1) is 0 Å². The van der Waals surface area contributed by atoms with Gasteiger partial charge in [-0.05, 0) is 67.9 Å². The highest BCUT2D eigenvalue weighted by molar-refractivity contribution is 7.10. The average molecular weight is 429 g/mol. The second-order valence-electron chi connectivity index (χ2n) is 7.40. The predicted molar refractivity (Wildman–Crippen MR) is 117 cm³/mol. The van der Waals surface area contributed by atoms with Crippen molar-refractivity contribution in [3.8, 4) is 0 Å². The van der Waals surface area contributed by atoms with Gasteiger partial charge < -0.3 is 5.32 Å². The molecule has 1 aromatic carbocycles. The van der Waals surface area contributed by atoms with Gasteiger partial charge in [0, 0.05) is 21.5 Å². The third kappa shape index (κ3) is 4.71. The van der Waals surface area contributed by atoms with E-state index in [2.05, 4.69) is 14.9 Å². The van der Waals surface area contributed by atoms with Crippen molar-refractivity contribution in [1.82, 2.24) is 14.9 Å². The van der Waals surface area contributed by atoms with Crippen LogP contribution in [0.15, 0.2) is 47.2 Å². The van der Waals surface area contributed by atoms with E-state index >= 15 is 0 Å². The third-order valence-corrected chi connectivity index (χ3v) is 6.41. The van der Waals surface area contributed by atoms with Gasteiger partial charge in [0.2, 0.25) is 5.91 Å². The van der Waals surface area contributed by atoms with Crippen LogP contribution in [-0.4, -0.2) is 26.9 Å². The summed E-state index contributed by atoms with van der Waals surface area (Å²) in [5.41, 5.74) is 1.43. The summed E-state index contributed by atoms with van der Waals surface area (Å²) in [5.74, 6) is -0.574. The number of nitrogens with zero attached hydrogens (tertiary/aromatic N) is 3. The Morgan fingerprint density at radius 1 is 1.21 bits per heavy atom. The number of thiophene rings is 1. The molecule has 152 valence electrons. The minimum atomic E-state index is -0.808. The molecule has 0 aliphatic rings. The summed E-state index contributed by atoms with van der Waals surface area (Å²) in [4.78, 5) is 29.3. The third-order valence-electron chi connectivity index (χ3n) is 4.83. The molecule has 1 N–H and O–H groups in total. The van der Waals surface area contributed by atoms with E-state index in [-0.39, 0.29) is 17.5 Å². The van der Waals surface area contributed by atoms with Crippen molar-refractivity contribution in [3.63, 3.8) is 0 Å². The van der Waals surface area contributed by atoms with E-state index in [9.17, 15) is 9.59 Å². The molecule has 0 saturated carbocycles. The summed E-state index contributed by atoms with van der Waals surface area (Å²) in [6, 6.07) is 10.4. The van der Waals surface area contributed by atoms with Crippen LogP contribution in [0, 0.1) is 6.92 Å². The molecule has 0 fully saturated rings. The Morgan fingerprint density at radius 2 is 1.93 bits per heavy atom. The Kier molecular flexibility index (Phi) is 6.44. The maximum Gasteiger partial charge on any atom is 0.280 e. The summed E-state index contributed by atoms with van der Waals surface area (Å²) in [5, 5.41) is 10.6. The average Bonchev–Trinajstić information content (AvgIpc) is 3.38. The van der Waals surface area contributed by atoms with Crippen molar-refractivity contribution in [2.75, 3.05) is 4.90 Å². The highest BCUT2D eigenvalue weighted by atomic mass is 32.1. The molecule has 2 aromatic heterocycles. The molecule has 3 aromatic rings. The number of amides is 2. The molecule has 0 aliphatic heterocycles. The highest BCUT2D eigenvalue weighted by Crippen LogP contribution is 2.34. The summed E-state index contributed by atoms with van der Waals surface area (Å²) >= 11 is 2.58. The fraction of sp³-hybridized carbons (Fsp3) is 0.333. The largest absolute Gasteiger partial charge is 0.349 e. The van der Waals surface area contributed by atoms with Crippen LogP contribution < -0.4 is 10.2 Å². The van der Waals surface area contributed by atoms with Crippen LogP contribution in [-0.2, 0) is 4.79 Å². The van der Waals surface area contributed by atoms with Crippen molar-refractivity contribution >= 4 is 40.4 Å². The fourth-order valence-electron chi connectivity index (χ4n) is 2.86. The molecule has 0 saturated heterocycles. The van der Waals surface area contributed by atoms with E-state index in [0.717, 1.165) is 28.4 Å². The Balaban J connectivity index is 2.14. The quantitative estimate of drug-likeness (QED) is 0.597. The smallest absolute Gasteiger partial charge is 0.280 e. The van der Waals surface area contributed by atoms with Crippen molar-refractivity contribution in [2.24, 2.45) is 0 Å². The number of aromatic nitrogens is 2. The van der Waals surface area contributed by atoms with Gasteiger partial charge in [0.15, 0.2) is 11.7 Å². The van der Waals surface area contributed by atoms with E-state index in [1.165, 1.54) is 16.2 Å². The minimum Gasteiger partial charge on any atom is -0.349 e. The zero-order valence-electron chi connectivity index (χ0n) is 16.9. The number of rotatable bonds is 7. The molecule has 0 bridgehead atoms. The standard InChI is InChI=1S/C21H24N4O2S2/c1-5-21(3,4)22-19(26)17(18-14(2)11-12-28-18)25(15-9-7-6-8-10-15)20(27)16-13-29-24-23-16/h6-13,17H,5H2,1-4H3,(H,22,26)/t17-/m1/s1. The van der Waals surface area contributed by atoms with E-state index in [0.29, 0.717) is 5.69 Å². The van der Waals surface area contributed by atoms with Gasteiger partial charge in [0.25, 0.3) is 5.91 Å². The predicted octanol–water partition coefficient (Wildman–Crippen LogP) is 4.60. The van der Waals surface area contributed by atoms with E-state index in [1.54, 1.807) is 5.38 Å². The SMILES string of the molecule is CCC(C)(C)NC(=O)[C@@H](c1sccc1C)N(C(=O)c1csnn1)c1ccccc1. The zero-order chi connectivity index (χ0) is 21.0. The van der Waals surface area contributed by atoms with Crippen LogP contribution in [0.4, 0.5) is 5.69 Å². The van der Waals surface area contributed by atoms with Crippen LogP contribution in [0.2, 0.25) is 0 Å². The van der Waals surface area contributed by atoms with E-state index in [4.69, 9.17) is 0 Å². The number of anilines is 1. The Bertz CT molecular complexity index is 968. The first-order valence-electron chi connectivity index (χ1n) is 9.35. The van der Waals surface area contributed by atoms with Gasteiger partial charge in [-0.15, -0.1) is 16.4 Å². The molecule has 0 radical (unpaired) electrons. The summed E-state index contributed by atoms with van der Waals surface area (Å²) in [6.45, 7) is 7.92. The summed E-state index contributed by atoms with van der Waals surface area (Å²) < 4.78 is 3.82. The van der Waals surface area contributed by atoms with Gasteiger partial charge in [-0.3, -0.25) is 14.5 Å². The lowest BCUT2D eigenvalue weighted by molar-refractivity contribution is -0.124. The summed E-state index contributed by atoms with van der Waals surface area (Å²) in [6.07, 6.45) is 0.768. The minimum absolute atomic E-state index is 0.220. The number of carbonyl (C=O) groups excluding carboxylic acids is 2. The van der Waals surface area contributed by atoms with Crippen LogP contribution in [0.1, 0.15) is 54.2 Å². The number of nitrogens with one attached hydrogen (secondary N) is 1. The van der Waals surface area contributed by atoms with Crippen LogP contribution in [0.25, 0.3) is 0 Å². The zero-order valence-corrected chi connectivity index (χ0v) is 18.5. The first-order chi connectivity index (χ1) is 13.8. The second-order valence-corrected chi connectivity index (χ2v) is 8.96. The van der Waals surface area contributed by atoms with Crippen LogP contribution in [0.3, 0.4) is 0 Å². The Morgan fingerprint density at radius 3 is 2.48 bits per heavy atom. The number of hydrogen-bond donors (Lipinski definition) is 1. The highest BCUT2D eigenvalue weighted by Gasteiger charge is 2.37. The second kappa shape index (κ2) is 8.84. The first-order valence-corrected chi connectivity index (χ1v) is 11.1. The molecular weight excluding hydrogens is 404 g/mol. The molecular formula is C21H24N4O2S2. The lowest BCUT2D eigenvalue weighted by Crippen LogP contribution is -2.50.